The molecular formula is C13H12F2N4. The minimum atomic E-state index is -0.803. The van der Waals surface area contributed by atoms with E-state index < -0.39 is 11.6 Å². The molecule has 1 N–H and O–H groups in total. The van der Waals surface area contributed by atoms with Crippen molar-refractivity contribution in [3.8, 4) is 6.07 Å². The molecule has 0 atom stereocenters. The SMILES string of the molecule is CCc1nn(C)cc1Nc1c(F)cc(C#N)cc1F. The minimum absolute atomic E-state index is 0.0533. The monoisotopic (exact) mass is 262 g/mol. The molecule has 0 fully saturated rings. The summed E-state index contributed by atoms with van der Waals surface area (Å²) in [6, 6.07) is 3.69. The van der Waals surface area contributed by atoms with Crippen molar-refractivity contribution in [1.29, 1.82) is 5.26 Å². The highest BCUT2D eigenvalue weighted by Gasteiger charge is 2.14. The molecule has 1 aromatic heterocycles. The number of hydrogen-bond donors (Lipinski definition) is 1. The van der Waals surface area contributed by atoms with Crippen molar-refractivity contribution in [2.45, 2.75) is 13.3 Å². The summed E-state index contributed by atoms with van der Waals surface area (Å²) in [5, 5.41) is 15.5. The van der Waals surface area contributed by atoms with Crippen LogP contribution in [0.25, 0.3) is 0 Å². The number of hydrogen-bond acceptors (Lipinski definition) is 3. The molecule has 1 heterocycles. The van der Waals surface area contributed by atoms with Crippen LogP contribution in [0.4, 0.5) is 20.2 Å². The molecule has 0 aliphatic rings. The third-order valence-corrected chi connectivity index (χ3v) is 2.67. The average molecular weight is 262 g/mol. The number of rotatable bonds is 3. The van der Waals surface area contributed by atoms with Crippen molar-refractivity contribution in [3.63, 3.8) is 0 Å². The quantitative estimate of drug-likeness (QED) is 0.925. The summed E-state index contributed by atoms with van der Waals surface area (Å²) < 4.78 is 29.1. The van der Waals surface area contributed by atoms with E-state index in [0.29, 0.717) is 17.8 Å². The van der Waals surface area contributed by atoms with Crippen LogP contribution in [-0.4, -0.2) is 9.78 Å². The Hall–Kier alpha value is -2.42. The van der Waals surface area contributed by atoms with Crippen LogP contribution in [0, 0.1) is 23.0 Å². The van der Waals surface area contributed by atoms with Crippen LogP contribution >= 0.6 is 0 Å². The second kappa shape index (κ2) is 5.06. The van der Waals surface area contributed by atoms with Crippen molar-refractivity contribution >= 4 is 11.4 Å². The van der Waals surface area contributed by atoms with E-state index in [1.54, 1.807) is 24.0 Å². The molecule has 0 unspecified atom stereocenters. The lowest BCUT2D eigenvalue weighted by Gasteiger charge is -2.08. The topological polar surface area (TPSA) is 53.6 Å². The van der Waals surface area contributed by atoms with Crippen LogP contribution in [0.15, 0.2) is 18.3 Å². The first-order valence-electron chi connectivity index (χ1n) is 5.73. The van der Waals surface area contributed by atoms with Gasteiger partial charge in [0.2, 0.25) is 0 Å². The summed E-state index contributed by atoms with van der Waals surface area (Å²) >= 11 is 0. The fourth-order valence-electron chi connectivity index (χ4n) is 1.79. The second-order valence-corrected chi connectivity index (χ2v) is 4.07. The third kappa shape index (κ3) is 2.55. The fraction of sp³-hybridized carbons (Fsp3) is 0.231. The predicted octanol–water partition coefficient (Wildman–Crippen LogP) is 2.88. The van der Waals surface area contributed by atoms with Gasteiger partial charge < -0.3 is 5.32 Å². The van der Waals surface area contributed by atoms with Crippen LogP contribution < -0.4 is 5.32 Å². The highest BCUT2D eigenvalue weighted by molar-refractivity contribution is 5.63. The summed E-state index contributed by atoms with van der Waals surface area (Å²) in [6.07, 6.45) is 2.29. The van der Waals surface area contributed by atoms with Gasteiger partial charge in [0.15, 0.2) is 11.6 Å². The van der Waals surface area contributed by atoms with Crippen molar-refractivity contribution in [2.75, 3.05) is 5.32 Å². The van der Waals surface area contributed by atoms with Crippen LogP contribution in [0.5, 0.6) is 0 Å². The van der Waals surface area contributed by atoms with E-state index in [4.69, 9.17) is 5.26 Å². The Labute approximate surface area is 109 Å². The molecule has 1 aromatic carbocycles. The van der Waals surface area contributed by atoms with Crippen LogP contribution in [-0.2, 0) is 13.5 Å². The van der Waals surface area contributed by atoms with E-state index in [0.717, 1.165) is 12.1 Å². The normalized spacial score (nSPS) is 10.3. The second-order valence-electron chi connectivity index (χ2n) is 4.07. The number of aryl methyl sites for hydroxylation is 2. The molecule has 6 heteroatoms. The van der Waals surface area contributed by atoms with E-state index in [-0.39, 0.29) is 11.3 Å². The van der Waals surface area contributed by atoms with E-state index in [1.165, 1.54) is 0 Å². The lowest BCUT2D eigenvalue weighted by molar-refractivity contribution is 0.590. The number of aromatic nitrogens is 2. The molecule has 0 aliphatic carbocycles. The molecule has 0 saturated heterocycles. The highest BCUT2D eigenvalue weighted by atomic mass is 19.1. The highest BCUT2D eigenvalue weighted by Crippen LogP contribution is 2.26. The maximum Gasteiger partial charge on any atom is 0.150 e. The Bertz CT molecular complexity index is 632. The van der Waals surface area contributed by atoms with E-state index in [9.17, 15) is 8.78 Å². The van der Waals surface area contributed by atoms with Gasteiger partial charge in [-0.1, -0.05) is 6.92 Å². The molecule has 2 rings (SSSR count). The Morgan fingerprint density at radius 2 is 2.00 bits per heavy atom. The smallest absolute Gasteiger partial charge is 0.150 e. The zero-order chi connectivity index (χ0) is 14.0. The van der Waals surface area contributed by atoms with Gasteiger partial charge in [0, 0.05) is 13.2 Å². The number of nitriles is 1. The first-order valence-corrected chi connectivity index (χ1v) is 5.73. The average Bonchev–Trinajstić information content (AvgIpc) is 2.73. The molecule has 0 bridgehead atoms. The van der Waals surface area contributed by atoms with Gasteiger partial charge in [-0.05, 0) is 18.6 Å². The van der Waals surface area contributed by atoms with Crippen molar-refractivity contribution in [2.24, 2.45) is 7.05 Å². The largest absolute Gasteiger partial charge is 0.348 e. The Balaban J connectivity index is 2.41. The van der Waals surface area contributed by atoms with Crippen molar-refractivity contribution in [1.82, 2.24) is 9.78 Å². The van der Waals surface area contributed by atoms with Gasteiger partial charge in [0.05, 0.1) is 23.0 Å². The van der Waals surface area contributed by atoms with Gasteiger partial charge in [0.25, 0.3) is 0 Å². The molecule has 98 valence electrons. The first kappa shape index (κ1) is 13.0. The van der Waals surface area contributed by atoms with Gasteiger partial charge in [-0.2, -0.15) is 10.4 Å². The lowest BCUT2D eigenvalue weighted by Crippen LogP contribution is -2.00. The lowest BCUT2D eigenvalue weighted by atomic mass is 10.2. The van der Waals surface area contributed by atoms with E-state index in [2.05, 4.69) is 10.4 Å². The summed E-state index contributed by atoms with van der Waals surface area (Å²) in [4.78, 5) is 0. The Kier molecular flexibility index (Phi) is 3.47. The molecule has 4 nitrogen and oxygen atoms in total. The zero-order valence-electron chi connectivity index (χ0n) is 10.5. The fourth-order valence-corrected chi connectivity index (χ4v) is 1.79. The summed E-state index contributed by atoms with van der Waals surface area (Å²) in [7, 11) is 1.73. The predicted molar refractivity (Wildman–Crippen MR) is 66.9 cm³/mol. The first-order chi connectivity index (χ1) is 9.05. The number of nitrogens with one attached hydrogen (secondary N) is 1. The molecule has 0 amide bonds. The van der Waals surface area contributed by atoms with Gasteiger partial charge >= 0.3 is 0 Å². The number of anilines is 2. The van der Waals surface area contributed by atoms with Crippen LogP contribution in [0.3, 0.4) is 0 Å². The molecular weight excluding hydrogens is 250 g/mol. The maximum atomic E-state index is 13.7. The Morgan fingerprint density at radius 3 is 2.53 bits per heavy atom. The van der Waals surface area contributed by atoms with Crippen molar-refractivity contribution in [3.05, 3.63) is 41.2 Å². The van der Waals surface area contributed by atoms with E-state index in [1.807, 2.05) is 6.92 Å². The van der Waals surface area contributed by atoms with Gasteiger partial charge in [-0.3, -0.25) is 4.68 Å². The molecule has 0 radical (unpaired) electrons. The Morgan fingerprint density at radius 1 is 1.37 bits per heavy atom. The molecule has 0 aliphatic heterocycles. The van der Waals surface area contributed by atoms with Crippen LogP contribution in [0.2, 0.25) is 0 Å². The summed E-state index contributed by atoms with van der Waals surface area (Å²) in [5.74, 6) is -1.61. The van der Waals surface area contributed by atoms with Crippen molar-refractivity contribution < 1.29 is 8.78 Å². The van der Waals surface area contributed by atoms with E-state index >= 15 is 0 Å². The van der Waals surface area contributed by atoms with Gasteiger partial charge in [0.1, 0.15) is 5.69 Å². The number of nitrogens with zero attached hydrogens (tertiary/aromatic N) is 3. The van der Waals surface area contributed by atoms with Gasteiger partial charge in [-0.25, -0.2) is 8.78 Å². The summed E-state index contributed by atoms with van der Waals surface area (Å²) in [6.45, 7) is 1.90. The minimum Gasteiger partial charge on any atom is -0.348 e. The molecule has 0 spiro atoms. The third-order valence-electron chi connectivity index (χ3n) is 2.67. The van der Waals surface area contributed by atoms with Gasteiger partial charge in [-0.15, -0.1) is 0 Å². The molecule has 19 heavy (non-hydrogen) atoms. The molecule has 0 saturated carbocycles. The maximum absolute atomic E-state index is 13.7. The number of benzene rings is 1. The standard InChI is InChI=1S/C13H12F2N4/c1-3-11-12(7-19(2)18-11)17-13-9(14)4-8(6-16)5-10(13)15/h4-5,7,17H,3H2,1-2H3. The zero-order valence-corrected chi connectivity index (χ0v) is 10.5. The summed E-state index contributed by atoms with van der Waals surface area (Å²) in [5.41, 5.74) is 0.933. The number of halogens is 2. The van der Waals surface area contributed by atoms with Crippen LogP contribution in [0.1, 0.15) is 18.2 Å². The molecule has 2 aromatic rings.